The van der Waals surface area contributed by atoms with Gasteiger partial charge in [0.15, 0.2) is 5.65 Å². The van der Waals surface area contributed by atoms with Crippen molar-refractivity contribution < 1.29 is 19.4 Å². The van der Waals surface area contributed by atoms with Crippen LogP contribution in [0.3, 0.4) is 0 Å². The van der Waals surface area contributed by atoms with Gasteiger partial charge in [-0.2, -0.15) is 9.61 Å². The number of carbonyl (C=O) groups is 1. The van der Waals surface area contributed by atoms with Crippen LogP contribution in [0, 0.1) is 6.92 Å². The summed E-state index contributed by atoms with van der Waals surface area (Å²) >= 11 is 0. The SMILES string of the molecule is Cc1nc2cc3nn2c(c1CC(=O)O)N1CCC(C)(CC1)OCCCC(C)Oc1ccccc1-c1cccc-3c1. The van der Waals surface area contributed by atoms with Crippen molar-refractivity contribution in [2.45, 2.75) is 64.6 Å². The number of hydrogen-bond acceptors (Lipinski definition) is 6. The smallest absolute Gasteiger partial charge is 0.308 e. The number of nitrogens with zero attached hydrogens (tertiary/aromatic N) is 4. The predicted octanol–water partition coefficient (Wildman–Crippen LogP) is 5.94. The van der Waals surface area contributed by atoms with Crippen molar-refractivity contribution in [3.63, 3.8) is 0 Å². The molecule has 1 saturated heterocycles. The number of anilines is 1. The van der Waals surface area contributed by atoms with E-state index in [1.165, 1.54) is 0 Å². The summed E-state index contributed by atoms with van der Waals surface area (Å²) in [5, 5.41) is 14.8. The number of hydrogen-bond donors (Lipinski definition) is 1. The van der Waals surface area contributed by atoms with Gasteiger partial charge in [-0.3, -0.25) is 4.79 Å². The summed E-state index contributed by atoms with van der Waals surface area (Å²) in [6.45, 7) is 8.38. The van der Waals surface area contributed by atoms with Crippen LogP contribution in [0.2, 0.25) is 0 Å². The lowest BCUT2D eigenvalue weighted by Crippen LogP contribution is -2.45. The quantitative estimate of drug-likeness (QED) is 0.337. The largest absolute Gasteiger partial charge is 0.490 e. The summed E-state index contributed by atoms with van der Waals surface area (Å²) in [6, 6.07) is 18.4. The molecule has 1 fully saturated rings. The van der Waals surface area contributed by atoms with E-state index in [-0.39, 0.29) is 18.1 Å². The van der Waals surface area contributed by atoms with Gasteiger partial charge in [-0.15, -0.1) is 0 Å². The molecule has 4 aromatic rings. The van der Waals surface area contributed by atoms with E-state index in [2.05, 4.69) is 36.9 Å². The monoisotopic (exact) mass is 540 g/mol. The summed E-state index contributed by atoms with van der Waals surface area (Å²) < 4.78 is 14.7. The van der Waals surface area contributed by atoms with E-state index in [0.29, 0.717) is 17.8 Å². The van der Waals surface area contributed by atoms with Crippen molar-refractivity contribution in [2.24, 2.45) is 0 Å². The third kappa shape index (κ3) is 5.16. The first kappa shape index (κ1) is 26.3. The molecule has 3 aliphatic heterocycles. The Bertz CT molecular complexity index is 1550. The zero-order valence-electron chi connectivity index (χ0n) is 23.4. The summed E-state index contributed by atoms with van der Waals surface area (Å²) in [7, 11) is 0. The first-order chi connectivity index (χ1) is 19.3. The topological polar surface area (TPSA) is 89.2 Å². The van der Waals surface area contributed by atoms with E-state index in [0.717, 1.165) is 78.4 Å². The highest BCUT2D eigenvalue weighted by Gasteiger charge is 2.33. The highest BCUT2D eigenvalue weighted by atomic mass is 16.5. The molecule has 0 amide bonds. The highest BCUT2D eigenvalue weighted by Crippen LogP contribution is 2.36. The van der Waals surface area contributed by atoms with Gasteiger partial charge in [0, 0.05) is 48.1 Å². The third-order valence-corrected chi connectivity index (χ3v) is 8.22. The summed E-state index contributed by atoms with van der Waals surface area (Å²) in [5.41, 5.74) is 5.74. The number of ether oxygens (including phenoxy) is 2. The Morgan fingerprint density at radius 2 is 1.88 bits per heavy atom. The molecule has 1 N–H and O–H groups in total. The van der Waals surface area contributed by atoms with E-state index < -0.39 is 5.97 Å². The van der Waals surface area contributed by atoms with Gasteiger partial charge in [0.25, 0.3) is 0 Å². The molecule has 1 atom stereocenters. The average molecular weight is 541 g/mol. The van der Waals surface area contributed by atoms with Gasteiger partial charge >= 0.3 is 5.97 Å². The van der Waals surface area contributed by atoms with Crippen molar-refractivity contribution in [1.29, 1.82) is 0 Å². The zero-order chi connectivity index (χ0) is 27.9. The van der Waals surface area contributed by atoms with E-state index in [9.17, 15) is 9.90 Å². The van der Waals surface area contributed by atoms with Gasteiger partial charge in [0.05, 0.1) is 23.8 Å². The van der Waals surface area contributed by atoms with Crippen LogP contribution < -0.4 is 9.64 Å². The van der Waals surface area contributed by atoms with Crippen LogP contribution in [0.15, 0.2) is 54.6 Å². The fourth-order valence-corrected chi connectivity index (χ4v) is 5.91. The first-order valence-electron chi connectivity index (χ1n) is 14.2. The number of aliphatic carboxylic acids is 1. The predicted molar refractivity (Wildman–Crippen MR) is 155 cm³/mol. The van der Waals surface area contributed by atoms with Crippen molar-refractivity contribution in [2.75, 3.05) is 24.6 Å². The molecular formula is C32H36N4O4. The van der Waals surface area contributed by atoms with Crippen LogP contribution in [0.5, 0.6) is 5.75 Å². The summed E-state index contributed by atoms with van der Waals surface area (Å²) in [6.07, 6.45) is 3.47. The van der Waals surface area contributed by atoms with Crippen LogP contribution in [0.4, 0.5) is 5.82 Å². The number of aromatic nitrogens is 3. The number of carboxylic acid groups (broad SMARTS) is 1. The molecule has 2 aromatic carbocycles. The second kappa shape index (κ2) is 10.6. The molecule has 3 aliphatic rings. The molecule has 0 radical (unpaired) electrons. The minimum absolute atomic E-state index is 0.0576. The Morgan fingerprint density at radius 1 is 1.10 bits per heavy atom. The number of piperidine rings is 1. The lowest BCUT2D eigenvalue weighted by atomic mass is 9.92. The minimum atomic E-state index is -0.878. The lowest BCUT2D eigenvalue weighted by Gasteiger charge is -2.41. The Kier molecular flexibility index (Phi) is 6.96. The van der Waals surface area contributed by atoms with Crippen LogP contribution in [-0.2, 0) is 16.0 Å². The van der Waals surface area contributed by atoms with Crippen LogP contribution in [-0.4, -0.2) is 57.1 Å². The second-order valence-electron chi connectivity index (χ2n) is 11.3. The Hall–Kier alpha value is -3.91. The number of carboxylic acids is 1. The molecule has 5 heterocycles. The van der Waals surface area contributed by atoms with E-state index >= 15 is 0 Å². The molecule has 2 aromatic heterocycles. The normalized spacial score (nSPS) is 21.4. The molecule has 8 nitrogen and oxygen atoms in total. The number of aryl methyl sites for hydroxylation is 1. The maximum absolute atomic E-state index is 11.9. The molecule has 7 rings (SSSR count). The van der Waals surface area contributed by atoms with Crippen LogP contribution in [0.25, 0.3) is 28.0 Å². The van der Waals surface area contributed by atoms with Gasteiger partial charge in [-0.1, -0.05) is 36.4 Å². The average Bonchev–Trinajstić information content (AvgIpc) is 3.35. The number of benzene rings is 2. The summed E-state index contributed by atoms with van der Waals surface area (Å²) in [5.74, 6) is 0.800. The van der Waals surface area contributed by atoms with Crippen LogP contribution >= 0.6 is 0 Å². The van der Waals surface area contributed by atoms with E-state index in [1.807, 2.05) is 47.8 Å². The standard InChI is InChI=1S/C32H36N4O4/c1-21-8-7-17-39-32(3)13-15-35(16-14-32)31-26(19-30(37)38)22(2)33-29-20-27(34-36(29)31)24-10-6-9-23(18-24)25-11-4-5-12-28(25)40-21/h4-6,9-12,18,20-21H,7-8,13-17,19H2,1-3H3,(H,37,38). The Labute approximate surface area is 234 Å². The maximum Gasteiger partial charge on any atom is 0.308 e. The highest BCUT2D eigenvalue weighted by molar-refractivity contribution is 5.78. The van der Waals surface area contributed by atoms with Crippen molar-refractivity contribution in [3.05, 3.63) is 65.9 Å². The molecule has 40 heavy (non-hydrogen) atoms. The van der Waals surface area contributed by atoms with Crippen molar-refractivity contribution >= 4 is 17.4 Å². The maximum atomic E-state index is 11.9. The fraction of sp³-hybridized carbons (Fsp3) is 0.406. The van der Waals surface area contributed by atoms with Gasteiger partial charge in [-0.05, 0) is 64.2 Å². The molecule has 0 spiro atoms. The lowest BCUT2D eigenvalue weighted by molar-refractivity contribution is -0.136. The van der Waals surface area contributed by atoms with Crippen molar-refractivity contribution in [3.8, 4) is 28.1 Å². The van der Waals surface area contributed by atoms with E-state index in [4.69, 9.17) is 19.6 Å². The molecule has 1 unspecified atom stereocenters. The molecule has 6 bridgehead atoms. The minimum Gasteiger partial charge on any atom is -0.490 e. The van der Waals surface area contributed by atoms with Crippen molar-refractivity contribution in [1.82, 2.24) is 14.6 Å². The summed E-state index contributed by atoms with van der Waals surface area (Å²) in [4.78, 5) is 18.9. The van der Waals surface area contributed by atoms with E-state index in [1.54, 1.807) is 0 Å². The molecule has 208 valence electrons. The van der Waals surface area contributed by atoms with Gasteiger partial charge in [0.1, 0.15) is 11.6 Å². The third-order valence-electron chi connectivity index (χ3n) is 8.22. The molecular weight excluding hydrogens is 504 g/mol. The zero-order valence-corrected chi connectivity index (χ0v) is 23.4. The van der Waals surface area contributed by atoms with Gasteiger partial charge in [-0.25, -0.2) is 4.98 Å². The molecule has 0 aliphatic carbocycles. The second-order valence-corrected chi connectivity index (χ2v) is 11.3. The molecule has 0 saturated carbocycles. The number of rotatable bonds is 2. The number of para-hydroxylation sites is 1. The van der Waals surface area contributed by atoms with Gasteiger partial charge in [0.2, 0.25) is 0 Å². The Balaban J connectivity index is 1.51. The number of fused-ring (bicyclic) bond motifs is 7. The van der Waals surface area contributed by atoms with Crippen LogP contribution in [0.1, 0.15) is 50.8 Å². The fourth-order valence-electron chi connectivity index (χ4n) is 5.91. The Morgan fingerprint density at radius 3 is 2.67 bits per heavy atom. The molecule has 8 heteroatoms. The van der Waals surface area contributed by atoms with Gasteiger partial charge < -0.3 is 19.5 Å². The first-order valence-corrected chi connectivity index (χ1v) is 14.2.